The lowest BCUT2D eigenvalue weighted by molar-refractivity contribution is 0.588. The number of halogens is 3. The Bertz CT molecular complexity index is 549. The molecule has 0 spiro atoms. The fourth-order valence-corrected chi connectivity index (χ4v) is 2.30. The Labute approximate surface area is 109 Å². The standard InChI is InChI=1S/C12H13Cl2FN2/c1-7(2)17-11-5-8(14)9(15)6-10(11)16-12(17)3-4-13/h5-7H,3-4H2,1-2H3. The van der Waals surface area contributed by atoms with Crippen molar-refractivity contribution in [1.82, 2.24) is 9.55 Å². The van der Waals surface area contributed by atoms with Crippen LogP contribution in [-0.4, -0.2) is 15.4 Å². The molecule has 0 bridgehead atoms. The lowest BCUT2D eigenvalue weighted by Crippen LogP contribution is -2.06. The fourth-order valence-electron chi connectivity index (χ4n) is 1.98. The molecule has 2 nitrogen and oxygen atoms in total. The van der Waals surface area contributed by atoms with Crippen molar-refractivity contribution in [2.24, 2.45) is 0 Å². The number of benzene rings is 1. The van der Waals surface area contributed by atoms with Crippen molar-refractivity contribution < 1.29 is 4.39 Å². The quantitative estimate of drug-likeness (QED) is 0.768. The molecule has 92 valence electrons. The van der Waals surface area contributed by atoms with E-state index in [0.29, 0.717) is 17.8 Å². The summed E-state index contributed by atoms with van der Waals surface area (Å²) < 4.78 is 15.4. The van der Waals surface area contributed by atoms with Crippen LogP contribution in [0.5, 0.6) is 0 Å². The maximum absolute atomic E-state index is 13.4. The van der Waals surface area contributed by atoms with Crippen LogP contribution in [0.4, 0.5) is 4.39 Å². The minimum absolute atomic E-state index is 0.122. The van der Waals surface area contributed by atoms with Crippen molar-refractivity contribution >= 4 is 34.2 Å². The second kappa shape index (κ2) is 4.83. The monoisotopic (exact) mass is 274 g/mol. The Morgan fingerprint density at radius 1 is 1.41 bits per heavy atom. The Morgan fingerprint density at radius 3 is 2.71 bits per heavy atom. The predicted molar refractivity (Wildman–Crippen MR) is 69.5 cm³/mol. The molecule has 1 aromatic carbocycles. The molecule has 0 saturated carbocycles. The van der Waals surface area contributed by atoms with E-state index >= 15 is 0 Å². The van der Waals surface area contributed by atoms with Gasteiger partial charge in [0, 0.05) is 24.4 Å². The summed E-state index contributed by atoms with van der Waals surface area (Å²) in [5, 5.41) is 0.122. The molecule has 0 atom stereocenters. The van der Waals surface area contributed by atoms with E-state index in [1.54, 1.807) is 6.07 Å². The smallest absolute Gasteiger partial charge is 0.144 e. The van der Waals surface area contributed by atoms with Gasteiger partial charge in [-0.15, -0.1) is 11.6 Å². The molecule has 2 aromatic rings. The van der Waals surface area contributed by atoms with Gasteiger partial charge >= 0.3 is 0 Å². The summed E-state index contributed by atoms with van der Waals surface area (Å²) in [5.74, 6) is 0.920. The summed E-state index contributed by atoms with van der Waals surface area (Å²) in [7, 11) is 0. The van der Waals surface area contributed by atoms with Crippen LogP contribution < -0.4 is 0 Å². The van der Waals surface area contributed by atoms with Crippen LogP contribution in [0.25, 0.3) is 11.0 Å². The Balaban J connectivity index is 2.71. The number of fused-ring (bicyclic) bond motifs is 1. The van der Waals surface area contributed by atoms with E-state index in [-0.39, 0.29) is 11.1 Å². The molecule has 0 fully saturated rings. The van der Waals surface area contributed by atoms with E-state index in [4.69, 9.17) is 23.2 Å². The Kier molecular flexibility index (Phi) is 3.59. The van der Waals surface area contributed by atoms with Gasteiger partial charge in [0.15, 0.2) is 0 Å². The molecule has 0 aliphatic rings. The third kappa shape index (κ3) is 2.26. The molecule has 1 aromatic heterocycles. The summed E-state index contributed by atoms with van der Waals surface area (Å²) in [5.41, 5.74) is 1.48. The van der Waals surface area contributed by atoms with Crippen molar-refractivity contribution in [3.63, 3.8) is 0 Å². The van der Waals surface area contributed by atoms with E-state index in [1.807, 2.05) is 4.57 Å². The molecule has 0 saturated heterocycles. The normalized spacial score (nSPS) is 11.6. The highest BCUT2D eigenvalue weighted by molar-refractivity contribution is 6.31. The molecule has 0 radical (unpaired) electrons. The molecule has 2 rings (SSSR count). The molecule has 0 unspecified atom stereocenters. The maximum atomic E-state index is 13.4. The van der Waals surface area contributed by atoms with E-state index in [2.05, 4.69) is 18.8 Å². The van der Waals surface area contributed by atoms with Gasteiger partial charge in [-0.3, -0.25) is 0 Å². The molecule has 0 aliphatic carbocycles. The second-order valence-electron chi connectivity index (χ2n) is 4.19. The zero-order valence-corrected chi connectivity index (χ0v) is 11.2. The molecule has 0 aliphatic heterocycles. The van der Waals surface area contributed by atoms with Gasteiger partial charge in [0.1, 0.15) is 11.6 Å². The molecule has 17 heavy (non-hydrogen) atoms. The van der Waals surface area contributed by atoms with Crippen molar-refractivity contribution in [2.75, 3.05) is 5.88 Å². The highest BCUT2D eigenvalue weighted by Crippen LogP contribution is 2.26. The average molecular weight is 275 g/mol. The van der Waals surface area contributed by atoms with Crippen LogP contribution in [0.2, 0.25) is 5.02 Å². The van der Waals surface area contributed by atoms with Gasteiger partial charge in [0.25, 0.3) is 0 Å². The van der Waals surface area contributed by atoms with Crippen molar-refractivity contribution in [2.45, 2.75) is 26.3 Å². The topological polar surface area (TPSA) is 17.8 Å². The number of alkyl halides is 1. The van der Waals surface area contributed by atoms with Gasteiger partial charge in [0.2, 0.25) is 0 Å². The minimum atomic E-state index is -0.440. The SMILES string of the molecule is CC(C)n1c(CCCl)nc2cc(F)c(Cl)cc21. The first-order valence-corrected chi connectivity index (χ1v) is 6.37. The first kappa shape index (κ1) is 12.7. The van der Waals surface area contributed by atoms with Gasteiger partial charge in [0.05, 0.1) is 16.1 Å². The zero-order valence-electron chi connectivity index (χ0n) is 9.67. The molecular weight excluding hydrogens is 262 g/mol. The van der Waals surface area contributed by atoms with E-state index in [9.17, 15) is 4.39 Å². The second-order valence-corrected chi connectivity index (χ2v) is 4.97. The largest absolute Gasteiger partial charge is 0.325 e. The van der Waals surface area contributed by atoms with E-state index < -0.39 is 5.82 Å². The van der Waals surface area contributed by atoms with Crippen LogP contribution in [-0.2, 0) is 6.42 Å². The zero-order chi connectivity index (χ0) is 12.6. The highest BCUT2D eigenvalue weighted by atomic mass is 35.5. The number of hydrogen-bond donors (Lipinski definition) is 0. The number of aryl methyl sites for hydroxylation is 1. The maximum Gasteiger partial charge on any atom is 0.144 e. The summed E-state index contributed by atoms with van der Waals surface area (Å²) in [4.78, 5) is 4.41. The van der Waals surface area contributed by atoms with Crippen molar-refractivity contribution in [1.29, 1.82) is 0 Å². The number of aromatic nitrogens is 2. The minimum Gasteiger partial charge on any atom is -0.325 e. The van der Waals surface area contributed by atoms with Gasteiger partial charge in [-0.05, 0) is 19.9 Å². The first-order chi connectivity index (χ1) is 8.04. The first-order valence-electron chi connectivity index (χ1n) is 5.46. The third-order valence-electron chi connectivity index (χ3n) is 2.64. The van der Waals surface area contributed by atoms with Crippen molar-refractivity contribution in [3.8, 4) is 0 Å². The van der Waals surface area contributed by atoms with Gasteiger partial charge < -0.3 is 4.57 Å². The molecule has 0 amide bonds. The van der Waals surface area contributed by atoms with Crippen LogP contribution in [0, 0.1) is 5.82 Å². The molecule has 5 heteroatoms. The summed E-state index contributed by atoms with van der Waals surface area (Å²) in [6.07, 6.45) is 0.660. The van der Waals surface area contributed by atoms with Crippen LogP contribution >= 0.6 is 23.2 Å². The summed E-state index contributed by atoms with van der Waals surface area (Å²) in [6.45, 7) is 4.10. The van der Waals surface area contributed by atoms with Crippen LogP contribution in [0.3, 0.4) is 0 Å². The summed E-state index contributed by atoms with van der Waals surface area (Å²) in [6, 6.07) is 3.23. The van der Waals surface area contributed by atoms with Gasteiger partial charge in [-0.25, -0.2) is 9.37 Å². The van der Waals surface area contributed by atoms with E-state index in [1.165, 1.54) is 6.07 Å². The van der Waals surface area contributed by atoms with Crippen LogP contribution in [0.1, 0.15) is 25.7 Å². The average Bonchev–Trinajstić information content (AvgIpc) is 2.57. The number of imidazole rings is 1. The number of hydrogen-bond acceptors (Lipinski definition) is 1. The number of nitrogens with zero attached hydrogens (tertiary/aromatic N) is 2. The number of rotatable bonds is 3. The molecular formula is C12H13Cl2FN2. The highest BCUT2D eigenvalue weighted by Gasteiger charge is 2.15. The lowest BCUT2D eigenvalue weighted by Gasteiger charge is -2.12. The Hall–Kier alpha value is -0.800. The molecule has 0 N–H and O–H groups in total. The van der Waals surface area contributed by atoms with Gasteiger partial charge in [-0.2, -0.15) is 0 Å². The lowest BCUT2D eigenvalue weighted by atomic mass is 10.3. The van der Waals surface area contributed by atoms with Gasteiger partial charge in [-0.1, -0.05) is 11.6 Å². The Morgan fingerprint density at radius 2 is 2.12 bits per heavy atom. The van der Waals surface area contributed by atoms with Crippen molar-refractivity contribution in [3.05, 3.63) is 28.8 Å². The summed E-state index contributed by atoms with van der Waals surface area (Å²) >= 11 is 11.6. The fraction of sp³-hybridized carbons (Fsp3) is 0.417. The predicted octanol–water partition coefficient (Wildman–Crippen LogP) is 4.19. The molecule has 1 heterocycles. The third-order valence-corrected chi connectivity index (χ3v) is 3.12. The van der Waals surface area contributed by atoms with E-state index in [0.717, 1.165) is 11.3 Å². The van der Waals surface area contributed by atoms with Crippen LogP contribution in [0.15, 0.2) is 12.1 Å².